The van der Waals surface area contributed by atoms with Crippen molar-refractivity contribution in [3.8, 4) is 5.75 Å². The lowest BCUT2D eigenvalue weighted by Crippen LogP contribution is -2.33. The van der Waals surface area contributed by atoms with Gasteiger partial charge >= 0.3 is 0 Å². The monoisotopic (exact) mass is 355 g/mol. The summed E-state index contributed by atoms with van der Waals surface area (Å²) in [6.07, 6.45) is 2.77. The molecule has 3 rings (SSSR count). The molecule has 1 aromatic heterocycles. The molecule has 128 valence electrons. The van der Waals surface area contributed by atoms with Crippen molar-refractivity contribution < 1.29 is 9.53 Å². The third kappa shape index (κ3) is 4.00. The number of fused-ring (bicyclic) bond motifs is 1. The van der Waals surface area contributed by atoms with Crippen LogP contribution in [0.25, 0.3) is 10.9 Å². The highest BCUT2D eigenvalue weighted by Gasteiger charge is 2.15. The Morgan fingerprint density at radius 3 is 2.92 bits per heavy atom. The van der Waals surface area contributed by atoms with Gasteiger partial charge in [0, 0.05) is 27.7 Å². The van der Waals surface area contributed by atoms with E-state index in [-0.39, 0.29) is 5.91 Å². The highest BCUT2D eigenvalue weighted by atomic mass is 35.5. The van der Waals surface area contributed by atoms with Crippen molar-refractivity contribution >= 4 is 34.6 Å². The maximum absolute atomic E-state index is 12.1. The Kier molecular flexibility index (Phi) is 5.05. The summed E-state index contributed by atoms with van der Waals surface area (Å²) in [6, 6.07) is 13.1. The van der Waals surface area contributed by atoms with Crippen molar-refractivity contribution in [1.29, 1.82) is 0 Å². The summed E-state index contributed by atoms with van der Waals surface area (Å²) >= 11 is 5.92. The number of nitrogens with one attached hydrogen (secondary N) is 2. The Balaban J connectivity index is 1.61. The second-order valence-corrected chi connectivity index (χ2v) is 6.13. The molecule has 1 amide bonds. The zero-order valence-corrected chi connectivity index (χ0v) is 14.7. The molecular formula is C19H18ClN3O2. The number of H-pyrrole nitrogens is 1. The zero-order valence-electron chi connectivity index (χ0n) is 13.9. The lowest BCUT2D eigenvalue weighted by Gasteiger charge is -2.14. The van der Waals surface area contributed by atoms with E-state index in [1.54, 1.807) is 31.3 Å². The molecule has 3 aromatic rings. The van der Waals surface area contributed by atoms with Gasteiger partial charge in [0.15, 0.2) is 6.10 Å². The number of rotatable bonds is 5. The molecule has 5 nitrogen and oxygen atoms in total. The molecule has 2 aromatic carbocycles. The van der Waals surface area contributed by atoms with Gasteiger partial charge in [-0.05, 0) is 43.7 Å². The Bertz CT molecular complexity index is 933. The number of halogens is 1. The van der Waals surface area contributed by atoms with Crippen molar-refractivity contribution in [3.05, 3.63) is 64.8 Å². The molecule has 6 heteroatoms. The molecular weight excluding hydrogens is 338 g/mol. The minimum absolute atomic E-state index is 0.328. The summed E-state index contributed by atoms with van der Waals surface area (Å²) in [5, 5.41) is 5.69. The maximum Gasteiger partial charge on any atom is 0.280 e. The third-order valence-electron chi connectivity index (χ3n) is 3.81. The van der Waals surface area contributed by atoms with Gasteiger partial charge in [-0.2, -0.15) is 5.10 Å². The maximum atomic E-state index is 12.1. The first-order chi connectivity index (χ1) is 12.0. The van der Waals surface area contributed by atoms with E-state index >= 15 is 0 Å². The number of hydrogen-bond acceptors (Lipinski definition) is 3. The molecule has 0 aliphatic heterocycles. The number of carbonyl (C=O) groups excluding carboxylic acids is 1. The van der Waals surface area contributed by atoms with Crippen LogP contribution in [0, 0.1) is 6.92 Å². The van der Waals surface area contributed by atoms with Crippen molar-refractivity contribution in [3.63, 3.8) is 0 Å². The van der Waals surface area contributed by atoms with Crippen LogP contribution in [0.1, 0.15) is 18.1 Å². The molecule has 0 bridgehead atoms. The number of hydrogen-bond donors (Lipinski definition) is 2. The zero-order chi connectivity index (χ0) is 17.8. The van der Waals surface area contributed by atoms with E-state index < -0.39 is 6.10 Å². The first-order valence-electron chi connectivity index (χ1n) is 7.86. The van der Waals surface area contributed by atoms with Gasteiger partial charge in [-0.1, -0.05) is 29.8 Å². The van der Waals surface area contributed by atoms with E-state index in [0.717, 1.165) is 22.0 Å². The van der Waals surface area contributed by atoms with Gasteiger partial charge in [0.2, 0.25) is 0 Å². The average Bonchev–Trinajstić information content (AvgIpc) is 3.00. The minimum Gasteiger partial charge on any atom is -0.481 e. The van der Waals surface area contributed by atoms with Gasteiger partial charge in [0.05, 0.1) is 6.21 Å². The van der Waals surface area contributed by atoms with Crippen molar-refractivity contribution in [2.45, 2.75) is 20.0 Å². The number of ether oxygens (including phenoxy) is 1. The standard InChI is InChI=1S/C19H18ClN3O2/c1-12-9-15(20)7-8-18(12)25-13(2)19(24)23-22-11-14-10-21-17-6-4-3-5-16(14)17/h3-11,13,21H,1-2H3,(H,23,24). The van der Waals surface area contributed by atoms with Gasteiger partial charge < -0.3 is 9.72 Å². The lowest BCUT2D eigenvalue weighted by atomic mass is 10.2. The van der Waals surface area contributed by atoms with Crippen molar-refractivity contribution in [2.75, 3.05) is 0 Å². The van der Waals surface area contributed by atoms with E-state index in [9.17, 15) is 4.79 Å². The number of hydrazone groups is 1. The van der Waals surface area contributed by atoms with Gasteiger partial charge in [0.1, 0.15) is 5.75 Å². The normalized spacial score (nSPS) is 12.4. The lowest BCUT2D eigenvalue weighted by molar-refractivity contribution is -0.127. The van der Waals surface area contributed by atoms with Crippen molar-refractivity contribution in [1.82, 2.24) is 10.4 Å². The third-order valence-corrected chi connectivity index (χ3v) is 4.04. The van der Waals surface area contributed by atoms with Crippen molar-refractivity contribution in [2.24, 2.45) is 5.10 Å². The SMILES string of the molecule is Cc1cc(Cl)ccc1OC(C)C(=O)NN=Cc1c[nH]c2ccccc12. The molecule has 0 radical (unpaired) electrons. The predicted octanol–water partition coefficient (Wildman–Crippen LogP) is 4.05. The van der Waals surface area contributed by atoms with Gasteiger partial charge in [-0.3, -0.25) is 4.79 Å². The van der Waals surface area contributed by atoms with E-state index in [4.69, 9.17) is 16.3 Å². The molecule has 0 fully saturated rings. The Morgan fingerprint density at radius 1 is 1.32 bits per heavy atom. The molecule has 0 aliphatic rings. The Labute approximate surface area is 150 Å². The molecule has 0 aliphatic carbocycles. The number of aromatic amines is 1. The summed E-state index contributed by atoms with van der Waals surface area (Å²) in [6.45, 7) is 3.55. The number of nitrogens with zero attached hydrogens (tertiary/aromatic N) is 1. The van der Waals surface area contributed by atoms with Crippen LogP contribution < -0.4 is 10.2 Å². The molecule has 1 unspecified atom stereocenters. The minimum atomic E-state index is -0.681. The van der Waals surface area contributed by atoms with E-state index in [1.165, 1.54) is 0 Å². The summed E-state index contributed by atoms with van der Waals surface area (Å²) in [5.74, 6) is 0.290. The highest BCUT2D eigenvalue weighted by molar-refractivity contribution is 6.30. The number of benzene rings is 2. The number of carbonyl (C=O) groups is 1. The van der Waals surface area contributed by atoms with Crippen LogP contribution in [0.4, 0.5) is 0 Å². The molecule has 2 N–H and O–H groups in total. The Hall–Kier alpha value is -2.79. The summed E-state index contributed by atoms with van der Waals surface area (Å²) in [4.78, 5) is 15.3. The summed E-state index contributed by atoms with van der Waals surface area (Å²) in [7, 11) is 0. The van der Waals surface area contributed by atoms with Gasteiger partial charge in [0.25, 0.3) is 5.91 Å². The van der Waals surface area contributed by atoms with Gasteiger partial charge in [-0.25, -0.2) is 5.43 Å². The fourth-order valence-electron chi connectivity index (χ4n) is 2.45. The molecule has 0 saturated carbocycles. The highest BCUT2D eigenvalue weighted by Crippen LogP contribution is 2.22. The van der Waals surface area contributed by atoms with E-state index in [2.05, 4.69) is 15.5 Å². The summed E-state index contributed by atoms with van der Waals surface area (Å²) < 4.78 is 5.67. The number of amides is 1. The fraction of sp³-hybridized carbons (Fsp3) is 0.158. The smallest absolute Gasteiger partial charge is 0.280 e. The first kappa shape index (κ1) is 17.0. The molecule has 0 spiro atoms. The molecule has 1 atom stereocenters. The average molecular weight is 356 g/mol. The number of aromatic nitrogens is 1. The Morgan fingerprint density at radius 2 is 2.12 bits per heavy atom. The quantitative estimate of drug-likeness (QED) is 0.535. The van der Waals surface area contributed by atoms with Crippen LogP contribution in [-0.4, -0.2) is 23.2 Å². The van der Waals surface area contributed by atoms with Gasteiger partial charge in [-0.15, -0.1) is 0 Å². The topological polar surface area (TPSA) is 66.5 Å². The second kappa shape index (κ2) is 7.40. The molecule has 0 saturated heterocycles. The predicted molar refractivity (Wildman–Crippen MR) is 100 cm³/mol. The van der Waals surface area contributed by atoms with Crippen LogP contribution in [0.2, 0.25) is 5.02 Å². The number of para-hydroxylation sites is 1. The van der Waals surface area contributed by atoms with Crippen LogP contribution >= 0.6 is 11.6 Å². The molecule has 25 heavy (non-hydrogen) atoms. The molecule has 1 heterocycles. The van der Waals surface area contributed by atoms with Crippen LogP contribution in [0.5, 0.6) is 5.75 Å². The largest absolute Gasteiger partial charge is 0.481 e. The number of aryl methyl sites for hydroxylation is 1. The first-order valence-corrected chi connectivity index (χ1v) is 8.24. The van der Waals surface area contributed by atoms with E-state index in [1.807, 2.05) is 37.4 Å². The van der Waals surface area contributed by atoms with Crippen LogP contribution in [-0.2, 0) is 4.79 Å². The second-order valence-electron chi connectivity index (χ2n) is 5.69. The van der Waals surface area contributed by atoms with Crippen LogP contribution in [0.3, 0.4) is 0 Å². The van der Waals surface area contributed by atoms with Crippen LogP contribution in [0.15, 0.2) is 53.8 Å². The fourth-order valence-corrected chi connectivity index (χ4v) is 2.67. The summed E-state index contributed by atoms with van der Waals surface area (Å²) in [5.41, 5.74) is 5.29. The van der Waals surface area contributed by atoms with E-state index in [0.29, 0.717) is 10.8 Å².